The molecule has 0 atom stereocenters. The van der Waals surface area contributed by atoms with Crippen molar-refractivity contribution in [3.63, 3.8) is 0 Å². The van der Waals surface area contributed by atoms with Crippen LogP contribution >= 0.6 is 0 Å². The molecule has 2 rings (SSSR count). The van der Waals surface area contributed by atoms with Crippen molar-refractivity contribution in [2.24, 2.45) is 0 Å². The number of anilines is 1. The normalized spacial score (nSPS) is 10.4. The zero-order valence-corrected chi connectivity index (χ0v) is 7.61. The molecule has 0 aliphatic heterocycles. The van der Waals surface area contributed by atoms with Crippen LogP contribution in [-0.2, 0) is 0 Å². The highest BCUT2D eigenvalue weighted by Crippen LogP contribution is 2.14. The van der Waals surface area contributed by atoms with Crippen molar-refractivity contribution in [3.8, 4) is 5.69 Å². The van der Waals surface area contributed by atoms with Crippen LogP contribution in [0.4, 0.5) is 10.1 Å². The van der Waals surface area contributed by atoms with Gasteiger partial charge in [0.2, 0.25) is 0 Å². The minimum atomic E-state index is -0.448. The average molecular weight is 192 g/mol. The fourth-order valence-corrected chi connectivity index (χ4v) is 1.13. The van der Waals surface area contributed by atoms with Crippen LogP contribution in [-0.4, -0.2) is 14.8 Å². The van der Waals surface area contributed by atoms with Gasteiger partial charge in [-0.25, -0.2) is 14.1 Å². The summed E-state index contributed by atoms with van der Waals surface area (Å²) in [6.45, 7) is 1.77. The molecule has 1 aromatic heterocycles. The first-order chi connectivity index (χ1) is 6.66. The first kappa shape index (κ1) is 8.68. The van der Waals surface area contributed by atoms with Gasteiger partial charge in [-0.05, 0) is 19.1 Å². The number of benzene rings is 1. The lowest BCUT2D eigenvalue weighted by atomic mass is 10.3. The summed E-state index contributed by atoms with van der Waals surface area (Å²) in [7, 11) is 0. The van der Waals surface area contributed by atoms with Crippen LogP contribution in [0.3, 0.4) is 0 Å². The molecular weight excluding hydrogens is 183 g/mol. The molecule has 1 aromatic carbocycles. The lowest BCUT2D eigenvalue weighted by Crippen LogP contribution is -1.98. The maximum Gasteiger partial charge on any atom is 0.148 e. The monoisotopic (exact) mass is 192 g/mol. The predicted molar refractivity (Wildman–Crippen MR) is 50.5 cm³/mol. The molecule has 0 bridgehead atoms. The SMILES string of the molecule is Cc1ncn(-c2ccc(N)c(F)c2)n1. The van der Waals surface area contributed by atoms with Gasteiger partial charge in [0.15, 0.2) is 0 Å². The van der Waals surface area contributed by atoms with Gasteiger partial charge in [-0.2, -0.15) is 5.10 Å². The number of hydrogen-bond acceptors (Lipinski definition) is 3. The molecular formula is C9H9FN4. The van der Waals surface area contributed by atoms with E-state index in [0.717, 1.165) is 0 Å². The number of aromatic nitrogens is 3. The van der Waals surface area contributed by atoms with Crippen molar-refractivity contribution in [1.82, 2.24) is 14.8 Å². The maximum absolute atomic E-state index is 13.1. The summed E-state index contributed by atoms with van der Waals surface area (Å²) in [5.41, 5.74) is 6.09. The van der Waals surface area contributed by atoms with Gasteiger partial charge in [0.25, 0.3) is 0 Å². The van der Waals surface area contributed by atoms with Crippen LogP contribution in [0.5, 0.6) is 0 Å². The fourth-order valence-electron chi connectivity index (χ4n) is 1.13. The third-order valence-electron chi connectivity index (χ3n) is 1.85. The van der Waals surface area contributed by atoms with E-state index in [2.05, 4.69) is 10.1 Å². The minimum absolute atomic E-state index is 0.130. The third-order valence-corrected chi connectivity index (χ3v) is 1.85. The number of nitrogens with zero attached hydrogens (tertiary/aromatic N) is 3. The molecule has 0 saturated carbocycles. The van der Waals surface area contributed by atoms with Crippen LogP contribution < -0.4 is 5.73 Å². The summed E-state index contributed by atoms with van der Waals surface area (Å²) in [6, 6.07) is 4.51. The Labute approximate surface area is 80.2 Å². The number of hydrogen-bond donors (Lipinski definition) is 1. The average Bonchev–Trinajstić information content (AvgIpc) is 2.57. The second kappa shape index (κ2) is 3.10. The Morgan fingerprint density at radius 3 is 2.79 bits per heavy atom. The highest BCUT2D eigenvalue weighted by Gasteiger charge is 2.02. The van der Waals surface area contributed by atoms with Crippen LogP contribution in [0.15, 0.2) is 24.5 Å². The minimum Gasteiger partial charge on any atom is -0.396 e. The van der Waals surface area contributed by atoms with Gasteiger partial charge in [-0.3, -0.25) is 0 Å². The molecule has 14 heavy (non-hydrogen) atoms. The van der Waals surface area contributed by atoms with Crippen LogP contribution in [0.1, 0.15) is 5.82 Å². The largest absolute Gasteiger partial charge is 0.396 e. The summed E-state index contributed by atoms with van der Waals surface area (Å²) in [5, 5.41) is 4.05. The predicted octanol–water partition coefficient (Wildman–Crippen LogP) is 1.30. The van der Waals surface area contributed by atoms with Gasteiger partial charge in [0.05, 0.1) is 11.4 Å². The van der Waals surface area contributed by atoms with Crippen molar-refractivity contribution in [2.75, 3.05) is 5.73 Å². The molecule has 5 heteroatoms. The van der Waals surface area contributed by atoms with E-state index in [1.807, 2.05) is 0 Å². The van der Waals surface area contributed by atoms with E-state index in [9.17, 15) is 4.39 Å². The standard InChI is InChI=1S/C9H9FN4/c1-6-12-5-14(13-6)7-2-3-9(11)8(10)4-7/h2-5H,11H2,1H3. The molecule has 4 nitrogen and oxygen atoms in total. The molecule has 0 fully saturated rings. The molecule has 0 unspecified atom stereocenters. The Hall–Kier alpha value is -1.91. The summed E-state index contributed by atoms with van der Waals surface area (Å²) in [4.78, 5) is 3.94. The highest BCUT2D eigenvalue weighted by atomic mass is 19.1. The first-order valence-electron chi connectivity index (χ1n) is 4.10. The quantitative estimate of drug-likeness (QED) is 0.693. The molecule has 0 radical (unpaired) electrons. The topological polar surface area (TPSA) is 56.7 Å². The lowest BCUT2D eigenvalue weighted by molar-refractivity contribution is 0.630. The van der Waals surface area contributed by atoms with Crippen LogP contribution in [0, 0.1) is 12.7 Å². The smallest absolute Gasteiger partial charge is 0.148 e. The van der Waals surface area contributed by atoms with Crippen molar-refractivity contribution < 1.29 is 4.39 Å². The van der Waals surface area contributed by atoms with Gasteiger partial charge in [-0.1, -0.05) is 0 Å². The first-order valence-corrected chi connectivity index (χ1v) is 4.10. The van der Waals surface area contributed by atoms with Gasteiger partial charge < -0.3 is 5.73 Å². The number of rotatable bonds is 1. The second-order valence-electron chi connectivity index (χ2n) is 2.94. The van der Waals surface area contributed by atoms with E-state index in [4.69, 9.17) is 5.73 Å². The number of nitrogen functional groups attached to an aromatic ring is 1. The van der Waals surface area contributed by atoms with Crippen molar-refractivity contribution in [2.45, 2.75) is 6.92 Å². The van der Waals surface area contributed by atoms with E-state index in [1.54, 1.807) is 13.0 Å². The Morgan fingerprint density at radius 1 is 1.43 bits per heavy atom. The second-order valence-corrected chi connectivity index (χ2v) is 2.94. The van der Waals surface area contributed by atoms with Gasteiger partial charge >= 0.3 is 0 Å². The highest BCUT2D eigenvalue weighted by molar-refractivity contribution is 5.46. The zero-order valence-electron chi connectivity index (χ0n) is 7.61. The van der Waals surface area contributed by atoms with E-state index < -0.39 is 5.82 Å². The summed E-state index contributed by atoms with van der Waals surface area (Å²) < 4.78 is 14.6. The van der Waals surface area contributed by atoms with Gasteiger partial charge in [-0.15, -0.1) is 0 Å². The number of nitrogens with two attached hydrogens (primary N) is 1. The van der Waals surface area contributed by atoms with E-state index in [0.29, 0.717) is 11.5 Å². The van der Waals surface area contributed by atoms with E-state index >= 15 is 0 Å². The third kappa shape index (κ3) is 1.44. The van der Waals surface area contributed by atoms with Crippen molar-refractivity contribution in [1.29, 1.82) is 0 Å². The Kier molecular flexibility index (Phi) is 1.92. The molecule has 0 amide bonds. The summed E-state index contributed by atoms with van der Waals surface area (Å²) >= 11 is 0. The van der Waals surface area contributed by atoms with Gasteiger partial charge in [0.1, 0.15) is 18.0 Å². The van der Waals surface area contributed by atoms with E-state index in [1.165, 1.54) is 23.1 Å². The Bertz CT molecular complexity index is 464. The Balaban J connectivity index is 2.47. The maximum atomic E-state index is 13.1. The number of halogens is 1. The molecule has 0 saturated heterocycles. The molecule has 2 N–H and O–H groups in total. The molecule has 2 aromatic rings. The summed E-state index contributed by atoms with van der Waals surface area (Å²) in [5.74, 6) is 0.192. The fraction of sp³-hybridized carbons (Fsp3) is 0.111. The molecule has 1 heterocycles. The van der Waals surface area contributed by atoms with Crippen molar-refractivity contribution in [3.05, 3.63) is 36.2 Å². The summed E-state index contributed by atoms with van der Waals surface area (Å²) in [6.07, 6.45) is 1.53. The van der Waals surface area contributed by atoms with E-state index in [-0.39, 0.29) is 5.69 Å². The molecule has 0 spiro atoms. The lowest BCUT2D eigenvalue weighted by Gasteiger charge is -2.01. The Morgan fingerprint density at radius 2 is 2.21 bits per heavy atom. The van der Waals surface area contributed by atoms with Crippen LogP contribution in [0.2, 0.25) is 0 Å². The van der Waals surface area contributed by atoms with Crippen molar-refractivity contribution >= 4 is 5.69 Å². The number of aryl methyl sites for hydroxylation is 1. The molecule has 0 aliphatic rings. The molecule has 0 aliphatic carbocycles. The molecule has 72 valence electrons. The van der Waals surface area contributed by atoms with Gasteiger partial charge in [0, 0.05) is 6.07 Å². The zero-order chi connectivity index (χ0) is 10.1. The van der Waals surface area contributed by atoms with Crippen LogP contribution in [0.25, 0.3) is 5.69 Å².